The molecule has 16 heavy (non-hydrogen) atoms. The molecule has 0 aliphatic carbocycles. The number of methoxy groups -OCH3 is 2. The third-order valence-corrected chi connectivity index (χ3v) is 4.03. The largest absolute Gasteiger partial charge is 0.355 e. The van der Waals surface area contributed by atoms with Crippen LogP contribution in [0.3, 0.4) is 0 Å². The summed E-state index contributed by atoms with van der Waals surface area (Å²) in [4.78, 5) is 0.494. The molecule has 1 atom stereocenters. The predicted octanol–water partition coefficient (Wildman–Crippen LogP) is 2.72. The lowest BCUT2D eigenvalue weighted by Crippen LogP contribution is -2.21. The summed E-state index contributed by atoms with van der Waals surface area (Å²) >= 11 is 11.7. The first kappa shape index (κ1) is 13.9. The van der Waals surface area contributed by atoms with Crippen molar-refractivity contribution in [1.82, 2.24) is 0 Å². The van der Waals surface area contributed by atoms with Crippen LogP contribution in [-0.4, -0.2) is 30.5 Å². The van der Waals surface area contributed by atoms with Crippen molar-refractivity contribution in [2.24, 2.45) is 0 Å². The van der Waals surface area contributed by atoms with E-state index in [0.717, 1.165) is 0 Å². The van der Waals surface area contributed by atoms with Crippen LogP contribution in [0.1, 0.15) is 0 Å². The highest BCUT2D eigenvalue weighted by molar-refractivity contribution is 7.85. The van der Waals surface area contributed by atoms with Gasteiger partial charge in [-0.2, -0.15) is 0 Å². The first-order valence-electron chi connectivity index (χ1n) is 4.47. The number of hydrogen-bond donors (Lipinski definition) is 0. The normalized spacial score (nSPS) is 13.1. The van der Waals surface area contributed by atoms with Crippen molar-refractivity contribution in [3.63, 3.8) is 0 Å². The fourth-order valence-electron chi connectivity index (χ4n) is 1.10. The van der Waals surface area contributed by atoms with E-state index in [0.29, 0.717) is 14.9 Å². The number of benzene rings is 1. The van der Waals surface area contributed by atoms with Crippen LogP contribution in [0.2, 0.25) is 10.0 Å². The van der Waals surface area contributed by atoms with Gasteiger partial charge < -0.3 is 9.47 Å². The van der Waals surface area contributed by atoms with Gasteiger partial charge in [-0.3, -0.25) is 4.21 Å². The minimum absolute atomic E-state index is 0.215. The predicted molar refractivity (Wildman–Crippen MR) is 65.5 cm³/mol. The van der Waals surface area contributed by atoms with Crippen molar-refractivity contribution in [1.29, 1.82) is 0 Å². The van der Waals surface area contributed by atoms with Gasteiger partial charge in [0.05, 0.1) is 26.5 Å². The maximum absolute atomic E-state index is 12.0. The topological polar surface area (TPSA) is 35.5 Å². The minimum Gasteiger partial charge on any atom is -0.355 e. The quantitative estimate of drug-likeness (QED) is 0.779. The molecule has 0 aliphatic heterocycles. The van der Waals surface area contributed by atoms with E-state index in [1.54, 1.807) is 18.2 Å². The average Bonchev–Trinajstić information content (AvgIpc) is 2.28. The molecule has 1 aromatic rings. The highest BCUT2D eigenvalue weighted by atomic mass is 35.5. The van der Waals surface area contributed by atoms with Gasteiger partial charge in [0.2, 0.25) is 0 Å². The van der Waals surface area contributed by atoms with E-state index in [9.17, 15) is 4.21 Å². The summed E-state index contributed by atoms with van der Waals surface area (Å²) in [6, 6.07) is 4.85. The molecule has 1 aromatic carbocycles. The Labute approximate surface area is 107 Å². The summed E-state index contributed by atoms with van der Waals surface area (Å²) in [7, 11) is 1.68. The molecule has 6 heteroatoms. The zero-order chi connectivity index (χ0) is 12.1. The molecule has 0 saturated heterocycles. The lowest BCUT2D eigenvalue weighted by Gasteiger charge is -2.13. The van der Waals surface area contributed by atoms with Crippen molar-refractivity contribution < 1.29 is 13.7 Å². The first-order valence-corrected chi connectivity index (χ1v) is 6.55. The lowest BCUT2D eigenvalue weighted by atomic mass is 10.4. The fourth-order valence-corrected chi connectivity index (χ4v) is 2.95. The standard InChI is InChI=1S/C10H12Cl2O3S/c1-14-10(15-2)6-16(13)9-5-7(11)3-4-8(9)12/h3-5,10H,6H2,1-2H3. The van der Waals surface area contributed by atoms with Crippen molar-refractivity contribution >= 4 is 34.0 Å². The second kappa shape index (κ2) is 6.57. The fraction of sp³-hybridized carbons (Fsp3) is 0.400. The van der Waals surface area contributed by atoms with E-state index < -0.39 is 17.1 Å². The van der Waals surface area contributed by atoms with Gasteiger partial charge in [0.25, 0.3) is 0 Å². The Balaban J connectivity index is 2.83. The summed E-state index contributed by atoms with van der Waals surface area (Å²) < 4.78 is 21.9. The van der Waals surface area contributed by atoms with Gasteiger partial charge in [0.1, 0.15) is 0 Å². The Bertz CT molecular complexity index is 380. The van der Waals surface area contributed by atoms with E-state index >= 15 is 0 Å². The molecule has 0 saturated carbocycles. The maximum atomic E-state index is 12.0. The smallest absolute Gasteiger partial charge is 0.168 e. The van der Waals surface area contributed by atoms with Gasteiger partial charge in [-0.1, -0.05) is 23.2 Å². The third kappa shape index (κ3) is 3.71. The molecule has 0 fully saturated rings. The van der Waals surface area contributed by atoms with Gasteiger partial charge in [-0.05, 0) is 18.2 Å². The summed E-state index contributed by atoms with van der Waals surface area (Å²) in [6.07, 6.45) is -0.518. The van der Waals surface area contributed by atoms with E-state index in [1.165, 1.54) is 14.2 Å². The molecule has 0 N–H and O–H groups in total. The first-order chi connectivity index (χ1) is 7.58. The molecule has 3 nitrogen and oxygen atoms in total. The Morgan fingerprint density at radius 2 is 1.94 bits per heavy atom. The highest BCUT2D eigenvalue weighted by Gasteiger charge is 2.15. The Kier molecular flexibility index (Phi) is 5.72. The molecule has 0 bridgehead atoms. The van der Waals surface area contributed by atoms with Crippen molar-refractivity contribution in [2.75, 3.05) is 20.0 Å². The number of ether oxygens (including phenoxy) is 2. The van der Waals surface area contributed by atoms with Crippen molar-refractivity contribution in [3.8, 4) is 0 Å². The molecule has 0 spiro atoms. The van der Waals surface area contributed by atoms with Crippen LogP contribution in [0.15, 0.2) is 23.1 Å². The summed E-state index contributed by atoms with van der Waals surface area (Å²) in [5, 5.41) is 0.924. The number of rotatable bonds is 5. The second-order valence-electron chi connectivity index (χ2n) is 2.99. The van der Waals surface area contributed by atoms with Crippen LogP contribution in [-0.2, 0) is 20.3 Å². The van der Waals surface area contributed by atoms with Gasteiger partial charge >= 0.3 is 0 Å². The lowest BCUT2D eigenvalue weighted by molar-refractivity contribution is -0.0847. The Hall–Kier alpha value is -0.130. The van der Waals surface area contributed by atoms with E-state index in [4.69, 9.17) is 32.7 Å². The van der Waals surface area contributed by atoms with Gasteiger partial charge in [0.15, 0.2) is 6.29 Å². The molecule has 90 valence electrons. The van der Waals surface area contributed by atoms with Crippen LogP contribution in [0.25, 0.3) is 0 Å². The zero-order valence-corrected chi connectivity index (χ0v) is 11.2. The summed E-state index contributed by atoms with van der Waals surface area (Å²) in [6.45, 7) is 0. The van der Waals surface area contributed by atoms with Gasteiger partial charge in [-0.15, -0.1) is 0 Å². The van der Waals surface area contributed by atoms with Gasteiger partial charge in [-0.25, -0.2) is 0 Å². The molecule has 0 aromatic heterocycles. The zero-order valence-electron chi connectivity index (χ0n) is 8.91. The summed E-state index contributed by atoms with van der Waals surface area (Å²) in [5.74, 6) is 0.215. The van der Waals surface area contributed by atoms with Gasteiger partial charge in [0, 0.05) is 19.2 Å². The molecule has 1 rings (SSSR count). The third-order valence-electron chi connectivity index (χ3n) is 1.95. The molecular formula is C10H12Cl2O3S. The van der Waals surface area contributed by atoms with Crippen LogP contribution >= 0.6 is 23.2 Å². The van der Waals surface area contributed by atoms with Crippen LogP contribution in [0, 0.1) is 0 Å². The molecule has 0 aliphatic rings. The molecular weight excluding hydrogens is 271 g/mol. The Morgan fingerprint density at radius 1 is 1.31 bits per heavy atom. The minimum atomic E-state index is -1.30. The van der Waals surface area contributed by atoms with Crippen molar-refractivity contribution in [2.45, 2.75) is 11.2 Å². The average molecular weight is 283 g/mol. The van der Waals surface area contributed by atoms with Crippen LogP contribution in [0.5, 0.6) is 0 Å². The number of hydrogen-bond acceptors (Lipinski definition) is 3. The molecule has 0 radical (unpaired) electrons. The SMILES string of the molecule is COC(CS(=O)c1cc(Cl)ccc1Cl)OC. The second-order valence-corrected chi connectivity index (χ2v) is 5.30. The highest BCUT2D eigenvalue weighted by Crippen LogP contribution is 2.24. The maximum Gasteiger partial charge on any atom is 0.168 e. The Morgan fingerprint density at radius 3 is 2.50 bits per heavy atom. The van der Waals surface area contributed by atoms with Crippen LogP contribution < -0.4 is 0 Å². The number of halogens is 2. The van der Waals surface area contributed by atoms with Crippen molar-refractivity contribution in [3.05, 3.63) is 28.2 Å². The molecule has 0 amide bonds. The van der Waals surface area contributed by atoms with E-state index in [-0.39, 0.29) is 5.75 Å². The van der Waals surface area contributed by atoms with E-state index in [2.05, 4.69) is 0 Å². The monoisotopic (exact) mass is 282 g/mol. The molecule has 0 heterocycles. The van der Waals surface area contributed by atoms with Crippen LogP contribution in [0.4, 0.5) is 0 Å². The van der Waals surface area contributed by atoms with E-state index in [1.807, 2.05) is 0 Å². The molecule has 1 unspecified atom stereocenters. The summed E-state index contributed by atoms with van der Waals surface area (Å²) in [5.41, 5.74) is 0.